The highest BCUT2D eigenvalue weighted by Crippen LogP contribution is 1.87. The van der Waals surface area contributed by atoms with Crippen molar-refractivity contribution in [3.8, 4) is 0 Å². The topological polar surface area (TPSA) is 105 Å². The lowest BCUT2D eigenvalue weighted by Gasteiger charge is -2.09. The van der Waals surface area contributed by atoms with Gasteiger partial charge in [-0.25, -0.2) is 0 Å². The van der Waals surface area contributed by atoms with E-state index in [1.165, 1.54) is 0 Å². The zero-order chi connectivity index (χ0) is 18.4. The van der Waals surface area contributed by atoms with E-state index in [0.717, 1.165) is 0 Å². The average molecular weight is 370 g/mol. The van der Waals surface area contributed by atoms with E-state index in [0.29, 0.717) is 79.3 Å². The molecule has 25 heavy (non-hydrogen) atoms. The monoisotopic (exact) mass is 370 g/mol. The molecule has 9 nitrogen and oxygen atoms in total. The number of aliphatic hydroxyl groups is 2. The van der Waals surface area contributed by atoms with Gasteiger partial charge in [0.15, 0.2) is 6.29 Å². The summed E-state index contributed by atoms with van der Waals surface area (Å²) in [6, 6.07) is 0. The number of ether oxygens (including phenoxy) is 7. The molecule has 9 heteroatoms. The van der Waals surface area contributed by atoms with E-state index in [9.17, 15) is 0 Å². The van der Waals surface area contributed by atoms with Gasteiger partial charge in [0, 0.05) is 6.61 Å². The van der Waals surface area contributed by atoms with E-state index in [2.05, 4.69) is 0 Å². The number of aliphatic hydroxyl groups excluding tert-OH is 2. The van der Waals surface area contributed by atoms with Crippen LogP contribution in [0.2, 0.25) is 0 Å². The fourth-order valence-corrected chi connectivity index (χ4v) is 1.54. The fraction of sp³-hybridized carbons (Fsp3) is 1.00. The Balaban J connectivity index is 2.98. The summed E-state index contributed by atoms with van der Waals surface area (Å²) in [4.78, 5) is 0. The summed E-state index contributed by atoms with van der Waals surface area (Å²) in [6.07, 6.45) is -1.14. The van der Waals surface area contributed by atoms with Crippen LogP contribution in [-0.2, 0) is 33.2 Å². The molecular weight excluding hydrogens is 336 g/mol. The van der Waals surface area contributed by atoms with Crippen molar-refractivity contribution < 1.29 is 43.4 Å². The summed E-state index contributed by atoms with van der Waals surface area (Å²) < 4.78 is 36.5. The number of rotatable bonds is 21. The largest absolute Gasteiger partial charge is 0.391 e. The molecule has 152 valence electrons. The lowest BCUT2D eigenvalue weighted by Crippen LogP contribution is -2.20. The van der Waals surface area contributed by atoms with Gasteiger partial charge in [0.2, 0.25) is 0 Å². The maximum Gasteiger partial charge on any atom is 0.177 e. The van der Waals surface area contributed by atoms with Crippen LogP contribution in [0.3, 0.4) is 0 Å². The highest BCUT2D eigenvalue weighted by atomic mass is 16.6. The summed E-state index contributed by atoms with van der Waals surface area (Å²) in [7, 11) is 0. The van der Waals surface area contributed by atoms with Gasteiger partial charge in [-0.2, -0.15) is 0 Å². The highest BCUT2D eigenvalue weighted by Gasteiger charge is 2.00. The Kier molecular flexibility index (Phi) is 21.4. The standard InChI is InChI=1S/C16H34O9/c1-2-19-3-4-20-5-6-21-7-8-22-9-10-23-11-12-24-13-14-25-16(18)15-17/h16-18H,2-15H2,1H3. The van der Waals surface area contributed by atoms with Crippen LogP contribution >= 0.6 is 0 Å². The van der Waals surface area contributed by atoms with Gasteiger partial charge in [-0.05, 0) is 6.92 Å². The average Bonchev–Trinajstić information content (AvgIpc) is 2.63. The molecule has 0 aromatic heterocycles. The van der Waals surface area contributed by atoms with Crippen molar-refractivity contribution in [1.29, 1.82) is 0 Å². The first-order valence-electron chi connectivity index (χ1n) is 8.68. The second-order valence-electron chi connectivity index (χ2n) is 4.77. The van der Waals surface area contributed by atoms with E-state index < -0.39 is 12.9 Å². The number of hydrogen-bond acceptors (Lipinski definition) is 9. The fourth-order valence-electron chi connectivity index (χ4n) is 1.54. The molecule has 0 amide bonds. The molecule has 1 unspecified atom stereocenters. The summed E-state index contributed by atoms with van der Waals surface area (Å²) in [5, 5.41) is 17.4. The van der Waals surface area contributed by atoms with Crippen molar-refractivity contribution in [3.05, 3.63) is 0 Å². The molecule has 0 bridgehead atoms. The molecule has 2 N–H and O–H groups in total. The smallest absolute Gasteiger partial charge is 0.177 e. The van der Waals surface area contributed by atoms with Gasteiger partial charge in [-0.3, -0.25) is 0 Å². The first-order valence-corrected chi connectivity index (χ1v) is 8.68. The molecule has 0 rings (SSSR count). The molecule has 0 heterocycles. The van der Waals surface area contributed by atoms with Gasteiger partial charge >= 0.3 is 0 Å². The minimum atomic E-state index is -1.14. The second kappa shape index (κ2) is 21.7. The van der Waals surface area contributed by atoms with Crippen molar-refractivity contribution in [2.75, 3.05) is 92.5 Å². The quantitative estimate of drug-likeness (QED) is 0.203. The van der Waals surface area contributed by atoms with Gasteiger partial charge in [-0.1, -0.05) is 0 Å². The molecule has 0 fully saturated rings. The molecule has 0 saturated heterocycles. The second-order valence-corrected chi connectivity index (χ2v) is 4.77. The molecule has 1 atom stereocenters. The van der Waals surface area contributed by atoms with E-state index in [1.54, 1.807) is 0 Å². The number of hydrogen-bond donors (Lipinski definition) is 2. The molecule has 0 aromatic carbocycles. The van der Waals surface area contributed by atoms with Crippen molar-refractivity contribution >= 4 is 0 Å². The molecule has 0 aliphatic heterocycles. The van der Waals surface area contributed by atoms with E-state index >= 15 is 0 Å². The van der Waals surface area contributed by atoms with Crippen molar-refractivity contribution in [1.82, 2.24) is 0 Å². The summed E-state index contributed by atoms with van der Waals surface area (Å²) in [6.45, 7) is 8.03. The molecule has 0 spiro atoms. The predicted molar refractivity (Wildman–Crippen MR) is 89.6 cm³/mol. The summed E-state index contributed by atoms with van der Waals surface area (Å²) >= 11 is 0. The first kappa shape index (κ1) is 24.6. The Labute approximate surface area is 150 Å². The zero-order valence-corrected chi connectivity index (χ0v) is 15.2. The maximum absolute atomic E-state index is 8.92. The molecule has 0 aliphatic carbocycles. The van der Waals surface area contributed by atoms with Crippen LogP contribution in [0.4, 0.5) is 0 Å². The van der Waals surface area contributed by atoms with Gasteiger partial charge in [-0.15, -0.1) is 0 Å². The SMILES string of the molecule is CCOCCOCCOCCOCCOCCOCCOC(O)CO. The summed E-state index contributed by atoms with van der Waals surface area (Å²) in [5.74, 6) is 0. The Bertz CT molecular complexity index is 244. The van der Waals surface area contributed by atoms with Crippen LogP contribution < -0.4 is 0 Å². The third kappa shape index (κ3) is 21.6. The van der Waals surface area contributed by atoms with Crippen molar-refractivity contribution in [2.24, 2.45) is 0 Å². The first-order chi connectivity index (χ1) is 12.3. The van der Waals surface area contributed by atoms with Crippen LogP contribution in [0.25, 0.3) is 0 Å². The molecular formula is C16H34O9. The molecule has 0 radical (unpaired) electrons. The van der Waals surface area contributed by atoms with Crippen molar-refractivity contribution in [2.45, 2.75) is 13.2 Å². The maximum atomic E-state index is 8.92. The summed E-state index contributed by atoms with van der Waals surface area (Å²) in [5.41, 5.74) is 0. The third-order valence-electron chi connectivity index (χ3n) is 2.76. The van der Waals surface area contributed by atoms with Crippen LogP contribution in [0, 0.1) is 0 Å². The molecule has 0 aromatic rings. The Morgan fingerprint density at radius 2 is 0.880 bits per heavy atom. The van der Waals surface area contributed by atoms with Gasteiger partial charge in [0.05, 0.1) is 85.9 Å². The van der Waals surface area contributed by atoms with Crippen LogP contribution in [0.1, 0.15) is 6.92 Å². The third-order valence-corrected chi connectivity index (χ3v) is 2.76. The van der Waals surface area contributed by atoms with E-state index in [1.807, 2.05) is 6.92 Å². The van der Waals surface area contributed by atoms with Crippen molar-refractivity contribution in [3.63, 3.8) is 0 Å². The lowest BCUT2D eigenvalue weighted by atomic mass is 10.6. The molecule has 0 aliphatic rings. The Morgan fingerprint density at radius 3 is 1.20 bits per heavy atom. The minimum Gasteiger partial charge on any atom is -0.391 e. The zero-order valence-electron chi connectivity index (χ0n) is 15.2. The predicted octanol–water partition coefficient (Wildman–Crippen LogP) is -0.567. The van der Waals surface area contributed by atoms with Crippen LogP contribution in [-0.4, -0.2) is 109 Å². The van der Waals surface area contributed by atoms with Gasteiger partial charge in [0.1, 0.15) is 0 Å². The van der Waals surface area contributed by atoms with E-state index in [-0.39, 0.29) is 6.61 Å². The normalized spacial score (nSPS) is 12.6. The van der Waals surface area contributed by atoms with Gasteiger partial charge in [0.25, 0.3) is 0 Å². The Hall–Kier alpha value is -0.360. The van der Waals surface area contributed by atoms with Gasteiger partial charge < -0.3 is 43.4 Å². The van der Waals surface area contributed by atoms with Crippen LogP contribution in [0.15, 0.2) is 0 Å². The lowest BCUT2D eigenvalue weighted by molar-refractivity contribution is -0.135. The van der Waals surface area contributed by atoms with E-state index in [4.69, 9.17) is 43.4 Å². The highest BCUT2D eigenvalue weighted by molar-refractivity contribution is 4.38. The van der Waals surface area contributed by atoms with Crippen LogP contribution in [0.5, 0.6) is 0 Å². The molecule has 0 saturated carbocycles. The Morgan fingerprint density at radius 1 is 0.560 bits per heavy atom. The minimum absolute atomic E-state index is 0.225.